The number of amides is 1. The minimum atomic E-state index is -0.586. The SMILES string of the molecule is Cc1nc(Cl)c([N+](=O)[O-])c(NCCOC(=O)NC(C)(C)C)c1C. The molecule has 0 aliphatic carbocycles. The number of carbonyl (C=O) groups is 1. The van der Waals surface area contributed by atoms with Crippen molar-refractivity contribution in [2.24, 2.45) is 0 Å². The fourth-order valence-electron chi connectivity index (χ4n) is 1.79. The number of pyridine rings is 1. The Morgan fingerprint density at radius 2 is 2.00 bits per heavy atom. The number of ether oxygens (including phenoxy) is 1. The first kappa shape index (κ1) is 19.0. The third-order valence-electron chi connectivity index (χ3n) is 2.91. The summed E-state index contributed by atoms with van der Waals surface area (Å²) in [5.74, 6) is 0. The van der Waals surface area contributed by atoms with E-state index in [0.717, 1.165) is 0 Å². The van der Waals surface area contributed by atoms with Crippen molar-refractivity contribution < 1.29 is 14.5 Å². The lowest BCUT2D eigenvalue weighted by Crippen LogP contribution is -2.41. The maximum atomic E-state index is 11.5. The van der Waals surface area contributed by atoms with E-state index in [4.69, 9.17) is 16.3 Å². The van der Waals surface area contributed by atoms with Gasteiger partial charge in [-0.15, -0.1) is 0 Å². The molecule has 9 heteroatoms. The molecule has 0 saturated heterocycles. The first-order valence-corrected chi connectivity index (χ1v) is 7.40. The van der Waals surface area contributed by atoms with Crippen molar-refractivity contribution in [3.63, 3.8) is 0 Å². The molecule has 1 aromatic rings. The van der Waals surface area contributed by atoms with E-state index in [0.29, 0.717) is 11.3 Å². The molecular formula is C14H21ClN4O4. The molecule has 1 amide bonds. The molecule has 0 saturated carbocycles. The smallest absolute Gasteiger partial charge is 0.407 e. The van der Waals surface area contributed by atoms with Crippen LogP contribution >= 0.6 is 11.6 Å². The standard InChI is InChI=1S/C14H21ClN4O4/c1-8-9(2)17-12(15)11(19(21)22)10(8)16-6-7-23-13(20)18-14(3,4)5/h6-7H2,1-5H3,(H,16,17)(H,18,20). The predicted octanol–water partition coefficient (Wildman–Crippen LogP) is 3.20. The molecule has 2 N–H and O–H groups in total. The molecule has 23 heavy (non-hydrogen) atoms. The second-order valence-corrected chi connectivity index (χ2v) is 6.39. The molecule has 0 spiro atoms. The zero-order chi connectivity index (χ0) is 17.8. The van der Waals surface area contributed by atoms with E-state index in [1.807, 2.05) is 20.8 Å². The summed E-state index contributed by atoms with van der Waals surface area (Å²) >= 11 is 5.85. The van der Waals surface area contributed by atoms with Gasteiger partial charge in [-0.25, -0.2) is 9.78 Å². The molecule has 0 unspecified atom stereocenters. The molecule has 0 atom stereocenters. The number of hydrogen-bond donors (Lipinski definition) is 2. The van der Waals surface area contributed by atoms with Crippen LogP contribution < -0.4 is 10.6 Å². The van der Waals surface area contributed by atoms with Gasteiger partial charge in [0.25, 0.3) is 0 Å². The third-order valence-corrected chi connectivity index (χ3v) is 3.18. The van der Waals surface area contributed by atoms with Crippen molar-refractivity contribution in [2.75, 3.05) is 18.5 Å². The quantitative estimate of drug-likeness (QED) is 0.367. The topological polar surface area (TPSA) is 106 Å². The summed E-state index contributed by atoms with van der Waals surface area (Å²) in [6.45, 7) is 9.18. The van der Waals surface area contributed by atoms with Crippen LogP contribution in [-0.2, 0) is 4.74 Å². The Morgan fingerprint density at radius 3 is 2.52 bits per heavy atom. The predicted molar refractivity (Wildman–Crippen MR) is 88.1 cm³/mol. The average molecular weight is 345 g/mol. The number of nitro groups is 1. The van der Waals surface area contributed by atoms with Gasteiger partial charge < -0.3 is 15.4 Å². The minimum absolute atomic E-state index is 0.0531. The largest absolute Gasteiger partial charge is 0.448 e. The van der Waals surface area contributed by atoms with E-state index in [-0.39, 0.29) is 29.7 Å². The van der Waals surface area contributed by atoms with Crippen LogP contribution in [0.4, 0.5) is 16.2 Å². The second-order valence-electron chi connectivity index (χ2n) is 6.03. The Labute approximate surface area is 139 Å². The Morgan fingerprint density at radius 1 is 1.39 bits per heavy atom. The molecule has 0 fully saturated rings. The summed E-state index contributed by atoms with van der Waals surface area (Å²) in [7, 11) is 0. The summed E-state index contributed by atoms with van der Waals surface area (Å²) in [5.41, 5.74) is 0.825. The highest BCUT2D eigenvalue weighted by Gasteiger charge is 2.24. The first-order chi connectivity index (χ1) is 10.5. The fourth-order valence-corrected chi connectivity index (χ4v) is 2.08. The van der Waals surface area contributed by atoms with Crippen molar-refractivity contribution >= 4 is 29.1 Å². The highest BCUT2D eigenvalue weighted by molar-refractivity contribution is 6.32. The normalized spacial score (nSPS) is 11.0. The summed E-state index contributed by atoms with van der Waals surface area (Å²) < 4.78 is 5.01. The number of hydrogen-bond acceptors (Lipinski definition) is 6. The van der Waals surface area contributed by atoms with Crippen LogP contribution in [0.1, 0.15) is 32.0 Å². The molecule has 8 nitrogen and oxygen atoms in total. The Balaban J connectivity index is 2.72. The average Bonchev–Trinajstić information content (AvgIpc) is 2.37. The molecule has 0 aliphatic rings. The maximum absolute atomic E-state index is 11.5. The van der Waals surface area contributed by atoms with Crippen molar-refractivity contribution in [3.05, 3.63) is 26.5 Å². The Hall–Kier alpha value is -2.09. The molecule has 0 aliphatic heterocycles. The van der Waals surface area contributed by atoms with Gasteiger partial charge in [-0.1, -0.05) is 11.6 Å². The van der Waals surface area contributed by atoms with Gasteiger partial charge in [-0.3, -0.25) is 10.1 Å². The van der Waals surface area contributed by atoms with E-state index in [2.05, 4.69) is 15.6 Å². The summed E-state index contributed by atoms with van der Waals surface area (Å²) in [5, 5.41) is 16.5. The summed E-state index contributed by atoms with van der Waals surface area (Å²) in [4.78, 5) is 26.0. The number of aryl methyl sites for hydroxylation is 1. The van der Waals surface area contributed by atoms with Gasteiger partial charge >= 0.3 is 11.8 Å². The number of aromatic nitrogens is 1. The molecule has 1 heterocycles. The van der Waals surface area contributed by atoms with E-state index < -0.39 is 16.6 Å². The van der Waals surface area contributed by atoms with Gasteiger partial charge in [0.15, 0.2) is 0 Å². The van der Waals surface area contributed by atoms with E-state index in [1.54, 1.807) is 13.8 Å². The lowest BCUT2D eigenvalue weighted by atomic mass is 10.1. The first-order valence-electron chi connectivity index (χ1n) is 7.03. The zero-order valence-electron chi connectivity index (χ0n) is 13.8. The van der Waals surface area contributed by atoms with Gasteiger partial charge in [0.05, 0.1) is 4.92 Å². The van der Waals surface area contributed by atoms with Crippen LogP contribution in [-0.4, -0.2) is 34.7 Å². The third kappa shape index (κ3) is 5.55. The van der Waals surface area contributed by atoms with Gasteiger partial charge in [0, 0.05) is 23.3 Å². The zero-order valence-corrected chi connectivity index (χ0v) is 14.6. The highest BCUT2D eigenvalue weighted by atomic mass is 35.5. The summed E-state index contributed by atoms with van der Waals surface area (Å²) in [6.07, 6.45) is -0.547. The van der Waals surface area contributed by atoms with Gasteiger partial charge in [0.1, 0.15) is 12.3 Å². The van der Waals surface area contributed by atoms with E-state index in [9.17, 15) is 14.9 Å². The van der Waals surface area contributed by atoms with Crippen LogP contribution in [0.25, 0.3) is 0 Å². The lowest BCUT2D eigenvalue weighted by Gasteiger charge is -2.20. The molecular weight excluding hydrogens is 324 g/mol. The van der Waals surface area contributed by atoms with Crippen molar-refractivity contribution in [2.45, 2.75) is 40.2 Å². The van der Waals surface area contributed by atoms with Crippen LogP contribution in [0.5, 0.6) is 0 Å². The number of anilines is 1. The number of halogens is 1. The van der Waals surface area contributed by atoms with Gasteiger partial charge in [0.2, 0.25) is 5.15 Å². The maximum Gasteiger partial charge on any atom is 0.407 e. The number of alkyl carbamates (subject to hydrolysis) is 1. The lowest BCUT2D eigenvalue weighted by molar-refractivity contribution is -0.384. The molecule has 128 valence electrons. The second kappa shape index (κ2) is 7.45. The van der Waals surface area contributed by atoms with E-state index in [1.165, 1.54) is 0 Å². The molecule has 1 rings (SSSR count). The van der Waals surface area contributed by atoms with Crippen LogP contribution in [0.3, 0.4) is 0 Å². The van der Waals surface area contributed by atoms with Gasteiger partial charge in [-0.05, 0) is 34.6 Å². The Bertz CT molecular complexity index is 614. The molecule has 0 bridgehead atoms. The van der Waals surface area contributed by atoms with Crippen molar-refractivity contribution in [1.82, 2.24) is 10.3 Å². The summed E-state index contributed by atoms with van der Waals surface area (Å²) in [6, 6.07) is 0. The van der Waals surface area contributed by atoms with E-state index >= 15 is 0 Å². The van der Waals surface area contributed by atoms with Crippen molar-refractivity contribution in [1.29, 1.82) is 0 Å². The number of rotatable bonds is 5. The highest BCUT2D eigenvalue weighted by Crippen LogP contribution is 2.35. The van der Waals surface area contributed by atoms with Gasteiger partial charge in [-0.2, -0.15) is 0 Å². The Kier molecular flexibility index (Phi) is 6.14. The monoisotopic (exact) mass is 344 g/mol. The number of nitrogens with one attached hydrogen (secondary N) is 2. The molecule has 0 radical (unpaired) electrons. The van der Waals surface area contributed by atoms with Crippen LogP contribution in [0.2, 0.25) is 5.15 Å². The van der Waals surface area contributed by atoms with Crippen LogP contribution in [0, 0.1) is 24.0 Å². The van der Waals surface area contributed by atoms with Crippen LogP contribution in [0.15, 0.2) is 0 Å². The minimum Gasteiger partial charge on any atom is -0.448 e. The number of nitrogens with zero attached hydrogens (tertiary/aromatic N) is 2. The fraction of sp³-hybridized carbons (Fsp3) is 0.571. The number of carbonyl (C=O) groups excluding carboxylic acids is 1. The van der Waals surface area contributed by atoms with Crippen molar-refractivity contribution in [3.8, 4) is 0 Å². The molecule has 0 aromatic carbocycles. The molecule has 1 aromatic heterocycles.